The van der Waals surface area contributed by atoms with Crippen molar-refractivity contribution in [3.05, 3.63) is 63.8 Å². The molecule has 0 amide bonds. The quantitative estimate of drug-likeness (QED) is 0.819. The third-order valence-corrected chi connectivity index (χ3v) is 2.78. The van der Waals surface area contributed by atoms with Gasteiger partial charge in [-0.15, -0.1) is 0 Å². The molecule has 0 unspecified atom stereocenters. The van der Waals surface area contributed by atoms with E-state index >= 15 is 0 Å². The lowest BCUT2D eigenvalue weighted by atomic mass is 10.1. The van der Waals surface area contributed by atoms with Gasteiger partial charge in [-0.25, -0.2) is 4.39 Å². The molecular weight excluding hydrogens is 281 g/mol. The molecule has 0 radical (unpaired) electrons. The lowest BCUT2D eigenvalue weighted by Crippen LogP contribution is -2.21. The molecule has 1 aromatic carbocycles. The maximum Gasteiger partial charge on any atom is 0.323 e. The van der Waals surface area contributed by atoms with E-state index < -0.39 is 41.0 Å². The Morgan fingerprint density at radius 3 is 2.33 bits per heavy atom. The zero-order chi connectivity index (χ0) is 15.6. The van der Waals surface area contributed by atoms with E-state index in [4.69, 9.17) is 5.11 Å². The molecule has 0 aliphatic rings. The van der Waals surface area contributed by atoms with Gasteiger partial charge in [-0.05, 0) is 24.3 Å². The molecule has 1 heterocycles. The van der Waals surface area contributed by atoms with Gasteiger partial charge in [-0.3, -0.25) is 14.4 Å². The number of aliphatic carboxylic acids is 1. The number of carboxylic acid groups (broad SMARTS) is 1. The van der Waals surface area contributed by atoms with E-state index in [9.17, 15) is 23.9 Å². The topological polar surface area (TPSA) is 96.6 Å². The number of aromatic nitrogens is 1. The molecule has 0 spiro atoms. The van der Waals surface area contributed by atoms with Crippen LogP contribution in [0.2, 0.25) is 0 Å². The molecule has 0 atom stereocenters. The molecule has 1 aromatic heterocycles. The molecule has 7 heteroatoms. The van der Waals surface area contributed by atoms with Gasteiger partial charge in [-0.2, -0.15) is 0 Å². The van der Waals surface area contributed by atoms with Crippen molar-refractivity contribution in [1.29, 1.82) is 0 Å². The monoisotopic (exact) mass is 291 g/mol. The standard InChI is InChI=1S/C14H10FNO5/c15-9-3-1-8(2-4-9)13(20)12-14(21)10(17)5-6-16(12)7-11(18)19/h1-6,21H,7H2,(H,18,19). The van der Waals surface area contributed by atoms with Crippen LogP contribution in [0.1, 0.15) is 16.1 Å². The van der Waals surface area contributed by atoms with Crippen LogP contribution in [0.4, 0.5) is 4.39 Å². The first-order chi connectivity index (χ1) is 9.90. The lowest BCUT2D eigenvalue weighted by Gasteiger charge is -2.11. The molecule has 0 aliphatic heterocycles. The Labute approximate surface area is 117 Å². The fourth-order valence-corrected chi connectivity index (χ4v) is 1.82. The van der Waals surface area contributed by atoms with Gasteiger partial charge < -0.3 is 14.8 Å². The predicted octanol–water partition coefficient (Wildman–Crippen LogP) is 1.01. The normalized spacial score (nSPS) is 10.3. The maximum absolute atomic E-state index is 12.9. The van der Waals surface area contributed by atoms with Crippen molar-refractivity contribution in [2.45, 2.75) is 6.54 Å². The summed E-state index contributed by atoms with van der Waals surface area (Å²) in [6, 6.07) is 5.42. The van der Waals surface area contributed by atoms with Crippen LogP contribution < -0.4 is 5.43 Å². The van der Waals surface area contributed by atoms with E-state index in [0.717, 1.165) is 29.0 Å². The molecule has 0 saturated carbocycles. The summed E-state index contributed by atoms with van der Waals surface area (Å²) in [5, 5.41) is 18.6. The van der Waals surface area contributed by atoms with Gasteiger partial charge >= 0.3 is 5.97 Å². The van der Waals surface area contributed by atoms with Gasteiger partial charge in [-0.1, -0.05) is 0 Å². The van der Waals surface area contributed by atoms with Crippen LogP contribution in [0.15, 0.2) is 41.3 Å². The number of rotatable bonds is 4. The van der Waals surface area contributed by atoms with Gasteiger partial charge in [0.1, 0.15) is 18.1 Å². The minimum absolute atomic E-state index is 0.0245. The number of pyridine rings is 1. The Morgan fingerprint density at radius 2 is 1.76 bits per heavy atom. The number of hydrogen-bond donors (Lipinski definition) is 2. The van der Waals surface area contributed by atoms with Crippen molar-refractivity contribution in [1.82, 2.24) is 4.57 Å². The Bertz CT molecular complexity index is 764. The number of carboxylic acids is 1. The zero-order valence-corrected chi connectivity index (χ0v) is 10.6. The molecule has 0 aliphatic carbocycles. The van der Waals surface area contributed by atoms with Gasteiger partial charge in [0, 0.05) is 17.8 Å². The summed E-state index contributed by atoms with van der Waals surface area (Å²) in [6.07, 6.45) is 1.10. The van der Waals surface area contributed by atoms with Crippen LogP contribution in [0, 0.1) is 5.82 Å². The highest BCUT2D eigenvalue weighted by atomic mass is 19.1. The molecule has 0 saturated heterocycles. The SMILES string of the molecule is O=C(O)Cn1ccc(=O)c(O)c1C(=O)c1ccc(F)cc1. The van der Waals surface area contributed by atoms with Crippen LogP contribution in [0.25, 0.3) is 0 Å². The fraction of sp³-hybridized carbons (Fsp3) is 0.0714. The van der Waals surface area contributed by atoms with Gasteiger partial charge in [0.05, 0.1) is 0 Å². The average molecular weight is 291 g/mol. The van der Waals surface area contributed by atoms with E-state index in [1.807, 2.05) is 0 Å². The molecule has 2 rings (SSSR count). The number of aromatic hydroxyl groups is 1. The van der Waals surface area contributed by atoms with Gasteiger partial charge in [0.25, 0.3) is 0 Å². The molecular formula is C14H10FNO5. The molecule has 6 nitrogen and oxygen atoms in total. The summed E-state index contributed by atoms with van der Waals surface area (Å²) in [5.41, 5.74) is -1.23. The van der Waals surface area contributed by atoms with E-state index in [0.29, 0.717) is 0 Å². The average Bonchev–Trinajstić information content (AvgIpc) is 2.43. The highest BCUT2D eigenvalue weighted by Crippen LogP contribution is 2.17. The largest absolute Gasteiger partial charge is 0.503 e. The molecule has 0 fully saturated rings. The number of carbonyl (C=O) groups excluding carboxylic acids is 1. The summed E-state index contributed by atoms with van der Waals surface area (Å²) in [6.45, 7) is -0.601. The second-order valence-corrected chi connectivity index (χ2v) is 4.23. The van der Waals surface area contributed by atoms with E-state index in [-0.39, 0.29) is 5.56 Å². The second kappa shape index (κ2) is 5.58. The zero-order valence-electron chi connectivity index (χ0n) is 10.6. The van der Waals surface area contributed by atoms with Crippen LogP contribution in [0.5, 0.6) is 5.75 Å². The minimum atomic E-state index is -1.24. The molecule has 2 aromatic rings. The van der Waals surface area contributed by atoms with Crippen molar-refractivity contribution >= 4 is 11.8 Å². The van der Waals surface area contributed by atoms with Crippen molar-refractivity contribution in [2.75, 3.05) is 0 Å². The first-order valence-electron chi connectivity index (χ1n) is 5.84. The van der Waals surface area contributed by atoms with Crippen LogP contribution in [0.3, 0.4) is 0 Å². The Morgan fingerprint density at radius 1 is 1.14 bits per heavy atom. The molecule has 2 N–H and O–H groups in total. The van der Waals surface area contributed by atoms with Crippen molar-refractivity contribution < 1.29 is 24.2 Å². The van der Waals surface area contributed by atoms with Gasteiger partial charge in [0.2, 0.25) is 11.2 Å². The third-order valence-electron chi connectivity index (χ3n) is 2.78. The highest BCUT2D eigenvalue weighted by molar-refractivity contribution is 6.09. The van der Waals surface area contributed by atoms with Crippen molar-refractivity contribution in [3.8, 4) is 5.75 Å². The molecule has 0 bridgehead atoms. The van der Waals surface area contributed by atoms with E-state index in [2.05, 4.69) is 0 Å². The van der Waals surface area contributed by atoms with E-state index in [1.165, 1.54) is 12.1 Å². The maximum atomic E-state index is 12.9. The lowest BCUT2D eigenvalue weighted by molar-refractivity contribution is -0.137. The number of ketones is 1. The molecule has 108 valence electrons. The van der Waals surface area contributed by atoms with Crippen LogP contribution >= 0.6 is 0 Å². The first-order valence-corrected chi connectivity index (χ1v) is 5.84. The second-order valence-electron chi connectivity index (χ2n) is 4.23. The van der Waals surface area contributed by atoms with Crippen LogP contribution in [-0.2, 0) is 11.3 Å². The fourth-order valence-electron chi connectivity index (χ4n) is 1.82. The first kappa shape index (κ1) is 14.4. The summed E-state index contributed by atoms with van der Waals surface area (Å²) >= 11 is 0. The number of nitrogens with zero attached hydrogens (tertiary/aromatic N) is 1. The predicted molar refractivity (Wildman–Crippen MR) is 69.8 cm³/mol. The minimum Gasteiger partial charge on any atom is -0.503 e. The summed E-state index contributed by atoms with van der Waals surface area (Å²) in [7, 11) is 0. The summed E-state index contributed by atoms with van der Waals surface area (Å²) < 4.78 is 13.8. The third kappa shape index (κ3) is 2.97. The van der Waals surface area contributed by atoms with Crippen molar-refractivity contribution in [2.24, 2.45) is 0 Å². The smallest absolute Gasteiger partial charge is 0.323 e. The van der Waals surface area contributed by atoms with Gasteiger partial charge in [0.15, 0.2) is 5.75 Å². The number of benzene rings is 1. The highest BCUT2D eigenvalue weighted by Gasteiger charge is 2.20. The number of carbonyl (C=O) groups is 2. The Hall–Kier alpha value is -2.96. The summed E-state index contributed by atoms with van der Waals surface area (Å²) in [5.74, 6) is -3.41. The van der Waals surface area contributed by atoms with Crippen LogP contribution in [-0.4, -0.2) is 26.5 Å². The molecule has 21 heavy (non-hydrogen) atoms. The van der Waals surface area contributed by atoms with E-state index in [1.54, 1.807) is 0 Å². The number of hydrogen-bond acceptors (Lipinski definition) is 4. The summed E-state index contributed by atoms with van der Waals surface area (Å²) in [4.78, 5) is 34.5. The Balaban J connectivity index is 2.58. The van der Waals surface area contributed by atoms with Crippen molar-refractivity contribution in [3.63, 3.8) is 0 Å². The Kier molecular flexibility index (Phi) is 3.84. The number of halogens is 1.